The van der Waals surface area contributed by atoms with Crippen molar-refractivity contribution in [3.05, 3.63) is 126 Å². The van der Waals surface area contributed by atoms with Gasteiger partial charge in [0, 0.05) is 29.4 Å². The van der Waals surface area contributed by atoms with E-state index in [2.05, 4.69) is 34.0 Å². The maximum absolute atomic E-state index is 13.0. The Morgan fingerprint density at radius 1 is 0.881 bits per heavy atom. The van der Waals surface area contributed by atoms with Crippen molar-refractivity contribution in [2.45, 2.75) is 19.1 Å². The van der Waals surface area contributed by atoms with Crippen LogP contribution in [0.3, 0.4) is 0 Å². The predicted molar refractivity (Wildman–Crippen MR) is 155 cm³/mol. The molecule has 0 saturated carbocycles. The molecule has 0 unspecified atom stereocenters. The van der Waals surface area contributed by atoms with E-state index in [0.29, 0.717) is 29.8 Å². The molecule has 9 heteroatoms. The molecule has 4 aromatic carbocycles. The fourth-order valence-electron chi connectivity index (χ4n) is 4.58. The standard InChI is InChI=1S/C33H27F3N2O4/c34-33(35,36)27-14-11-24(12-15-27)29-20-26(32(39)40)13-16-31(29)41-17-6-18-42-37-21-28-19-25-9-4-5-10-30(25)38(28)22-23-7-2-1-3-8-23/h1-5,7-16,19-21H,6,17-18,22H2,(H,39,40)/b37-21+. The number of rotatable bonds is 11. The number of ether oxygens (including phenoxy) is 1. The van der Waals surface area contributed by atoms with Crippen LogP contribution in [-0.4, -0.2) is 35.1 Å². The number of oxime groups is 1. The number of aromatic nitrogens is 1. The quantitative estimate of drug-likeness (QED) is 0.0992. The van der Waals surface area contributed by atoms with E-state index >= 15 is 0 Å². The lowest BCUT2D eigenvalue weighted by molar-refractivity contribution is -0.137. The first-order valence-corrected chi connectivity index (χ1v) is 13.2. The number of carbonyl (C=O) groups is 1. The van der Waals surface area contributed by atoms with Crippen molar-refractivity contribution in [2.75, 3.05) is 13.2 Å². The van der Waals surface area contributed by atoms with Crippen molar-refractivity contribution >= 4 is 23.1 Å². The van der Waals surface area contributed by atoms with E-state index in [1.54, 1.807) is 6.21 Å². The summed E-state index contributed by atoms with van der Waals surface area (Å²) in [6.45, 7) is 1.17. The third kappa shape index (κ3) is 6.80. The van der Waals surface area contributed by atoms with E-state index in [9.17, 15) is 23.1 Å². The number of nitrogens with zero attached hydrogens (tertiary/aromatic N) is 2. The van der Waals surface area contributed by atoms with E-state index in [0.717, 1.165) is 28.7 Å². The predicted octanol–water partition coefficient (Wildman–Crippen LogP) is 7.89. The second-order valence-corrected chi connectivity index (χ2v) is 9.56. The summed E-state index contributed by atoms with van der Waals surface area (Å²) in [5.74, 6) is -0.794. The number of fused-ring (bicyclic) bond motifs is 1. The molecule has 0 aliphatic carbocycles. The fourth-order valence-corrected chi connectivity index (χ4v) is 4.58. The van der Waals surface area contributed by atoms with E-state index < -0.39 is 17.7 Å². The molecule has 0 spiro atoms. The van der Waals surface area contributed by atoms with Gasteiger partial charge in [0.25, 0.3) is 0 Å². The van der Waals surface area contributed by atoms with Crippen LogP contribution in [0.15, 0.2) is 108 Å². The average Bonchev–Trinajstić information content (AvgIpc) is 3.33. The molecular weight excluding hydrogens is 545 g/mol. The smallest absolute Gasteiger partial charge is 0.416 e. The van der Waals surface area contributed by atoms with E-state index in [1.165, 1.54) is 35.9 Å². The summed E-state index contributed by atoms with van der Waals surface area (Å²) >= 11 is 0. The Morgan fingerprint density at radius 2 is 1.62 bits per heavy atom. The molecule has 0 radical (unpaired) electrons. The van der Waals surface area contributed by atoms with Crippen LogP contribution in [-0.2, 0) is 17.6 Å². The van der Waals surface area contributed by atoms with Gasteiger partial charge in [0.2, 0.25) is 0 Å². The number of benzene rings is 4. The number of hydrogen-bond acceptors (Lipinski definition) is 4. The molecule has 214 valence electrons. The Bertz CT molecular complexity index is 1690. The van der Waals surface area contributed by atoms with Gasteiger partial charge < -0.3 is 19.2 Å². The lowest BCUT2D eigenvalue weighted by atomic mass is 10.0. The third-order valence-electron chi connectivity index (χ3n) is 6.67. The monoisotopic (exact) mass is 572 g/mol. The highest BCUT2D eigenvalue weighted by Gasteiger charge is 2.30. The molecule has 5 aromatic rings. The first kappa shape index (κ1) is 28.5. The summed E-state index contributed by atoms with van der Waals surface area (Å²) in [6, 6.07) is 29.1. The molecule has 0 aliphatic rings. The van der Waals surface area contributed by atoms with Gasteiger partial charge in [-0.05, 0) is 53.6 Å². The van der Waals surface area contributed by atoms with Gasteiger partial charge in [-0.15, -0.1) is 0 Å². The van der Waals surface area contributed by atoms with E-state index in [1.807, 2.05) is 36.4 Å². The summed E-state index contributed by atoms with van der Waals surface area (Å²) in [5.41, 5.74) is 3.16. The maximum Gasteiger partial charge on any atom is 0.416 e. The van der Waals surface area contributed by atoms with Crippen molar-refractivity contribution in [1.82, 2.24) is 4.57 Å². The average molecular weight is 573 g/mol. The Kier molecular flexibility index (Phi) is 8.57. The fraction of sp³-hybridized carbons (Fsp3) is 0.152. The van der Waals surface area contributed by atoms with Crippen LogP contribution in [0.2, 0.25) is 0 Å². The van der Waals surface area contributed by atoms with E-state index in [4.69, 9.17) is 9.57 Å². The largest absolute Gasteiger partial charge is 0.493 e. The van der Waals surface area contributed by atoms with Crippen LogP contribution in [0.25, 0.3) is 22.0 Å². The molecule has 6 nitrogen and oxygen atoms in total. The molecule has 42 heavy (non-hydrogen) atoms. The minimum Gasteiger partial charge on any atom is -0.493 e. The van der Waals surface area contributed by atoms with Gasteiger partial charge in [0.1, 0.15) is 12.4 Å². The maximum atomic E-state index is 13.0. The summed E-state index contributed by atoms with van der Waals surface area (Å²) < 4.78 is 47.0. The van der Waals surface area contributed by atoms with Crippen LogP contribution in [0, 0.1) is 0 Å². The Morgan fingerprint density at radius 3 is 2.36 bits per heavy atom. The van der Waals surface area contributed by atoms with Gasteiger partial charge in [-0.2, -0.15) is 13.2 Å². The number of aromatic carboxylic acids is 1. The number of carboxylic acids is 1. The third-order valence-corrected chi connectivity index (χ3v) is 6.67. The van der Waals surface area contributed by atoms with Gasteiger partial charge in [-0.3, -0.25) is 0 Å². The van der Waals surface area contributed by atoms with Crippen LogP contribution in [0.5, 0.6) is 5.75 Å². The second kappa shape index (κ2) is 12.6. The highest BCUT2D eigenvalue weighted by Crippen LogP contribution is 2.35. The van der Waals surface area contributed by atoms with Crippen molar-refractivity contribution in [2.24, 2.45) is 5.16 Å². The van der Waals surface area contributed by atoms with Crippen LogP contribution in [0.4, 0.5) is 13.2 Å². The van der Waals surface area contributed by atoms with Gasteiger partial charge in [0.15, 0.2) is 0 Å². The summed E-state index contributed by atoms with van der Waals surface area (Å²) in [6.07, 6.45) is -2.32. The lowest BCUT2D eigenvalue weighted by Crippen LogP contribution is -2.06. The van der Waals surface area contributed by atoms with Crippen molar-refractivity contribution in [3.63, 3.8) is 0 Å². The normalized spacial score (nSPS) is 11.7. The Hall–Kier alpha value is -5.05. The highest BCUT2D eigenvalue weighted by molar-refractivity contribution is 5.91. The molecule has 5 rings (SSSR count). The number of halogens is 3. The first-order chi connectivity index (χ1) is 20.3. The first-order valence-electron chi connectivity index (χ1n) is 13.2. The number of carboxylic acid groups (broad SMARTS) is 1. The van der Waals surface area contributed by atoms with Crippen LogP contribution >= 0.6 is 0 Å². The molecule has 0 aliphatic heterocycles. The van der Waals surface area contributed by atoms with Crippen LogP contribution in [0.1, 0.15) is 33.6 Å². The van der Waals surface area contributed by atoms with Gasteiger partial charge in [0.05, 0.1) is 29.6 Å². The number of para-hydroxylation sites is 1. The minimum atomic E-state index is -4.47. The highest BCUT2D eigenvalue weighted by atomic mass is 19.4. The van der Waals surface area contributed by atoms with Crippen LogP contribution < -0.4 is 4.74 Å². The lowest BCUT2D eigenvalue weighted by Gasteiger charge is -2.14. The molecule has 0 bridgehead atoms. The Labute approximate surface area is 240 Å². The van der Waals surface area contributed by atoms with Crippen molar-refractivity contribution in [1.29, 1.82) is 0 Å². The molecule has 0 fully saturated rings. The molecule has 0 atom stereocenters. The summed E-state index contributed by atoms with van der Waals surface area (Å²) in [5, 5.41) is 14.6. The number of hydrogen-bond donors (Lipinski definition) is 1. The Balaban J connectivity index is 1.21. The molecule has 0 amide bonds. The molecule has 1 N–H and O–H groups in total. The van der Waals surface area contributed by atoms with Crippen molar-refractivity contribution < 1.29 is 32.6 Å². The summed E-state index contributed by atoms with van der Waals surface area (Å²) in [7, 11) is 0. The molecule has 0 saturated heterocycles. The zero-order valence-electron chi connectivity index (χ0n) is 22.4. The number of alkyl halides is 3. The molecular formula is C33H27F3N2O4. The second-order valence-electron chi connectivity index (χ2n) is 9.56. The zero-order chi connectivity index (χ0) is 29.5. The van der Waals surface area contributed by atoms with Gasteiger partial charge in [-0.25, -0.2) is 4.79 Å². The summed E-state index contributed by atoms with van der Waals surface area (Å²) in [4.78, 5) is 17.0. The topological polar surface area (TPSA) is 73.1 Å². The molecule has 1 heterocycles. The van der Waals surface area contributed by atoms with Gasteiger partial charge in [-0.1, -0.05) is 65.8 Å². The zero-order valence-corrected chi connectivity index (χ0v) is 22.4. The van der Waals surface area contributed by atoms with Gasteiger partial charge >= 0.3 is 12.1 Å². The molecule has 1 aromatic heterocycles. The minimum absolute atomic E-state index is 0.000375. The van der Waals surface area contributed by atoms with E-state index in [-0.39, 0.29) is 18.8 Å². The van der Waals surface area contributed by atoms with Crippen molar-refractivity contribution in [3.8, 4) is 16.9 Å². The SMILES string of the molecule is O=C(O)c1ccc(OCCCO/N=C/c2cc3ccccc3n2Cc2ccccc2)c(-c2ccc(C(F)(F)F)cc2)c1.